The zero-order chi connectivity index (χ0) is 25.3. The van der Waals surface area contributed by atoms with Crippen LogP contribution in [-0.2, 0) is 6.61 Å². The molecular formula is C29H43ClN2O3. The van der Waals surface area contributed by atoms with Crippen molar-refractivity contribution in [3.8, 4) is 11.5 Å². The highest BCUT2D eigenvalue weighted by atomic mass is 35.5. The third kappa shape index (κ3) is 7.36. The van der Waals surface area contributed by atoms with Crippen molar-refractivity contribution >= 4 is 11.6 Å². The van der Waals surface area contributed by atoms with E-state index in [0.717, 1.165) is 75.3 Å². The average molecular weight is 503 g/mol. The first kappa shape index (κ1) is 27.8. The van der Waals surface area contributed by atoms with Gasteiger partial charge in [-0.05, 0) is 43.7 Å². The van der Waals surface area contributed by atoms with E-state index in [0.29, 0.717) is 17.4 Å². The molecule has 1 aliphatic carbocycles. The summed E-state index contributed by atoms with van der Waals surface area (Å²) in [5, 5.41) is 12.3. The Balaban J connectivity index is 0.00000167. The SMILES string of the molecule is CC.COc1ccccc1COc1ccc(C(CN2CCN(C)CC2)C2(O)CCCCC2)cc1Cl. The number of methoxy groups -OCH3 is 1. The van der Waals surface area contributed by atoms with Crippen molar-refractivity contribution in [1.82, 2.24) is 9.80 Å². The quantitative estimate of drug-likeness (QED) is 0.481. The fourth-order valence-electron chi connectivity index (χ4n) is 5.22. The minimum atomic E-state index is -0.676. The molecule has 5 nitrogen and oxygen atoms in total. The first-order chi connectivity index (χ1) is 17.0. The van der Waals surface area contributed by atoms with E-state index in [1.54, 1.807) is 7.11 Å². The van der Waals surface area contributed by atoms with Crippen molar-refractivity contribution in [3.05, 3.63) is 58.6 Å². The number of benzene rings is 2. The predicted molar refractivity (Wildman–Crippen MR) is 145 cm³/mol. The number of para-hydroxylation sites is 1. The Labute approximate surface area is 217 Å². The Kier molecular flexibility index (Phi) is 10.7. The topological polar surface area (TPSA) is 45.2 Å². The molecule has 1 unspecified atom stereocenters. The molecule has 1 heterocycles. The van der Waals surface area contributed by atoms with E-state index >= 15 is 0 Å². The Bertz CT molecular complexity index is 909. The number of ether oxygens (including phenoxy) is 2. The highest BCUT2D eigenvalue weighted by Crippen LogP contribution is 2.42. The summed E-state index contributed by atoms with van der Waals surface area (Å²) in [7, 11) is 3.84. The van der Waals surface area contributed by atoms with Crippen LogP contribution in [0.3, 0.4) is 0 Å². The van der Waals surface area contributed by atoms with Crippen LogP contribution in [0.15, 0.2) is 42.5 Å². The minimum Gasteiger partial charge on any atom is -0.496 e. The van der Waals surface area contributed by atoms with Gasteiger partial charge in [-0.15, -0.1) is 0 Å². The van der Waals surface area contributed by atoms with Gasteiger partial charge in [-0.3, -0.25) is 0 Å². The molecule has 1 saturated heterocycles. The van der Waals surface area contributed by atoms with Gasteiger partial charge in [-0.1, -0.05) is 69.0 Å². The summed E-state index contributed by atoms with van der Waals surface area (Å²) in [4.78, 5) is 4.86. The summed E-state index contributed by atoms with van der Waals surface area (Å²) in [6.45, 7) is 9.47. The van der Waals surface area contributed by atoms with Crippen LogP contribution in [-0.4, -0.2) is 67.4 Å². The van der Waals surface area contributed by atoms with Crippen LogP contribution >= 0.6 is 11.6 Å². The van der Waals surface area contributed by atoms with E-state index in [1.165, 1.54) is 6.42 Å². The van der Waals surface area contributed by atoms with Crippen molar-refractivity contribution in [3.63, 3.8) is 0 Å². The van der Waals surface area contributed by atoms with Crippen molar-refractivity contribution in [2.45, 2.75) is 64.1 Å². The van der Waals surface area contributed by atoms with Crippen molar-refractivity contribution < 1.29 is 14.6 Å². The van der Waals surface area contributed by atoms with Crippen LogP contribution in [0.2, 0.25) is 5.02 Å². The number of hydrogen-bond acceptors (Lipinski definition) is 5. The third-order valence-corrected chi connectivity index (χ3v) is 7.63. The molecule has 0 radical (unpaired) electrons. The smallest absolute Gasteiger partial charge is 0.138 e. The molecule has 2 aliphatic rings. The monoisotopic (exact) mass is 502 g/mol. The maximum absolute atomic E-state index is 11.7. The second kappa shape index (κ2) is 13.5. The van der Waals surface area contributed by atoms with E-state index in [2.05, 4.69) is 22.9 Å². The van der Waals surface area contributed by atoms with E-state index in [4.69, 9.17) is 21.1 Å². The number of aliphatic hydroxyl groups is 1. The van der Waals surface area contributed by atoms with Gasteiger partial charge in [0.25, 0.3) is 0 Å². The summed E-state index contributed by atoms with van der Waals surface area (Å²) >= 11 is 6.70. The molecule has 4 rings (SSSR count). The van der Waals surface area contributed by atoms with E-state index < -0.39 is 5.60 Å². The van der Waals surface area contributed by atoms with Crippen molar-refractivity contribution in [1.29, 1.82) is 0 Å². The Hall–Kier alpha value is -1.79. The summed E-state index contributed by atoms with van der Waals surface area (Å²) in [5.74, 6) is 1.50. The maximum atomic E-state index is 11.7. The Morgan fingerprint density at radius 1 is 0.971 bits per heavy atom. The largest absolute Gasteiger partial charge is 0.496 e. The van der Waals surface area contributed by atoms with Gasteiger partial charge in [0.1, 0.15) is 18.1 Å². The molecule has 0 spiro atoms. The molecular weight excluding hydrogens is 460 g/mol. The fraction of sp³-hybridized carbons (Fsp3) is 0.586. The Morgan fingerprint density at radius 3 is 2.31 bits per heavy atom. The highest BCUT2D eigenvalue weighted by Gasteiger charge is 2.40. The van der Waals surface area contributed by atoms with Gasteiger partial charge in [0, 0.05) is 44.2 Å². The molecule has 194 valence electrons. The van der Waals surface area contributed by atoms with Crippen LogP contribution in [0, 0.1) is 0 Å². The van der Waals surface area contributed by atoms with Gasteiger partial charge >= 0.3 is 0 Å². The van der Waals surface area contributed by atoms with Gasteiger partial charge in [-0.2, -0.15) is 0 Å². The average Bonchev–Trinajstić information content (AvgIpc) is 2.89. The van der Waals surface area contributed by atoms with Crippen LogP contribution in [0.5, 0.6) is 11.5 Å². The molecule has 0 amide bonds. The van der Waals surface area contributed by atoms with Gasteiger partial charge in [-0.25, -0.2) is 0 Å². The third-order valence-electron chi connectivity index (χ3n) is 7.34. The summed E-state index contributed by atoms with van der Waals surface area (Å²) in [5.41, 5.74) is 1.41. The summed E-state index contributed by atoms with van der Waals surface area (Å²) in [6, 6.07) is 13.9. The molecule has 2 aromatic rings. The second-order valence-electron chi connectivity index (χ2n) is 9.61. The van der Waals surface area contributed by atoms with E-state index in [9.17, 15) is 5.11 Å². The molecule has 1 saturated carbocycles. The zero-order valence-corrected chi connectivity index (χ0v) is 22.7. The highest BCUT2D eigenvalue weighted by molar-refractivity contribution is 6.32. The lowest BCUT2D eigenvalue weighted by Crippen LogP contribution is -2.50. The number of halogens is 1. The fourth-order valence-corrected chi connectivity index (χ4v) is 5.46. The lowest BCUT2D eigenvalue weighted by molar-refractivity contribution is -0.0337. The van der Waals surface area contributed by atoms with E-state index in [-0.39, 0.29) is 5.92 Å². The predicted octanol–water partition coefficient (Wildman–Crippen LogP) is 5.98. The normalized spacial score (nSPS) is 19.4. The molecule has 0 aromatic heterocycles. The van der Waals surface area contributed by atoms with Crippen molar-refractivity contribution in [2.75, 3.05) is 46.9 Å². The second-order valence-corrected chi connectivity index (χ2v) is 10.0. The zero-order valence-electron chi connectivity index (χ0n) is 21.9. The van der Waals surface area contributed by atoms with Gasteiger partial charge in [0.05, 0.1) is 17.7 Å². The molecule has 1 atom stereocenters. The molecule has 2 aromatic carbocycles. The number of rotatable bonds is 8. The minimum absolute atomic E-state index is 0.0435. The van der Waals surface area contributed by atoms with Crippen LogP contribution in [0.1, 0.15) is 63.0 Å². The molecule has 6 heteroatoms. The molecule has 1 N–H and O–H groups in total. The number of nitrogens with zero attached hydrogens (tertiary/aromatic N) is 2. The Morgan fingerprint density at radius 2 is 1.66 bits per heavy atom. The molecule has 0 bridgehead atoms. The molecule has 2 fully saturated rings. The number of likely N-dealkylation sites (N-methyl/N-ethyl adjacent to an activating group) is 1. The van der Waals surface area contributed by atoms with Crippen LogP contribution in [0.4, 0.5) is 0 Å². The van der Waals surface area contributed by atoms with Gasteiger partial charge < -0.3 is 24.4 Å². The lowest BCUT2D eigenvalue weighted by Gasteiger charge is -2.43. The number of piperazine rings is 1. The van der Waals surface area contributed by atoms with Gasteiger partial charge in [0.15, 0.2) is 0 Å². The summed E-state index contributed by atoms with van der Waals surface area (Å²) in [6.07, 6.45) is 5.09. The first-order valence-electron chi connectivity index (χ1n) is 13.2. The molecule has 35 heavy (non-hydrogen) atoms. The van der Waals surface area contributed by atoms with Crippen molar-refractivity contribution in [2.24, 2.45) is 0 Å². The maximum Gasteiger partial charge on any atom is 0.138 e. The van der Waals surface area contributed by atoms with Gasteiger partial charge in [0.2, 0.25) is 0 Å². The number of hydrogen-bond donors (Lipinski definition) is 1. The van der Waals surface area contributed by atoms with Crippen LogP contribution < -0.4 is 9.47 Å². The molecule has 1 aliphatic heterocycles. The van der Waals surface area contributed by atoms with E-state index in [1.807, 2.05) is 50.2 Å². The summed E-state index contributed by atoms with van der Waals surface area (Å²) < 4.78 is 11.5. The standard InChI is InChI=1S/C27H37ClN2O3.C2H6/c1-29-14-16-30(17-15-29)19-23(27(31)12-6-3-7-13-27)21-10-11-26(24(28)18-21)33-20-22-8-4-5-9-25(22)32-2;1-2/h4-5,8-11,18,23,31H,3,6-7,12-17,19-20H2,1-2H3;1-2H3. The first-order valence-corrected chi connectivity index (χ1v) is 13.5. The van der Waals surface area contributed by atoms with Crippen LogP contribution in [0.25, 0.3) is 0 Å². The lowest BCUT2D eigenvalue weighted by atomic mass is 9.72.